The predicted molar refractivity (Wildman–Crippen MR) is 71.9 cm³/mol. The lowest BCUT2D eigenvalue weighted by Crippen LogP contribution is -2.44. The zero-order chi connectivity index (χ0) is 15.1. The van der Waals surface area contributed by atoms with Gasteiger partial charge in [0.1, 0.15) is 6.04 Å². The molecule has 0 saturated carbocycles. The van der Waals surface area contributed by atoms with E-state index in [0.717, 1.165) is 6.42 Å². The number of nitrogens with one attached hydrogen (secondary N) is 1. The molecule has 110 valence electrons. The molecule has 19 heavy (non-hydrogen) atoms. The van der Waals surface area contributed by atoms with Gasteiger partial charge in [0.15, 0.2) is 0 Å². The van der Waals surface area contributed by atoms with Crippen LogP contribution < -0.4 is 4.72 Å². The van der Waals surface area contributed by atoms with Gasteiger partial charge < -0.3 is 5.11 Å². The summed E-state index contributed by atoms with van der Waals surface area (Å²) >= 11 is 0. The van der Waals surface area contributed by atoms with Crippen LogP contribution in [0, 0.1) is 16.7 Å². The SMILES string of the molecule is CCCC[C@H](NS(=O)(=O)CC(C)(C)CC#N)C(=O)O. The Bertz CT molecular complexity index is 437. The summed E-state index contributed by atoms with van der Waals surface area (Å²) < 4.78 is 26.0. The number of carbonyl (C=O) groups is 1. The van der Waals surface area contributed by atoms with Crippen LogP contribution in [0.2, 0.25) is 0 Å². The van der Waals surface area contributed by atoms with Crippen LogP contribution in [-0.2, 0) is 14.8 Å². The standard InChI is InChI=1S/C12H22N2O4S/c1-4-5-6-10(11(15)16)14-19(17,18)9-12(2,3)7-8-13/h10,14H,4-7,9H2,1-3H3,(H,15,16)/t10-/m0/s1. The monoisotopic (exact) mass is 290 g/mol. The van der Waals surface area contributed by atoms with E-state index in [1.807, 2.05) is 13.0 Å². The maximum absolute atomic E-state index is 11.9. The van der Waals surface area contributed by atoms with Gasteiger partial charge in [-0.1, -0.05) is 33.6 Å². The zero-order valence-electron chi connectivity index (χ0n) is 11.6. The third kappa shape index (κ3) is 7.80. The lowest BCUT2D eigenvalue weighted by molar-refractivity contribution is -0.139. The van der Waals surface area contributed by atoms with Crippen molar-refractivity contribution in [2.45, 2.75) is 52.5 Å². The number of carboxylic acids is 1. The van der Waals surface area contributed by atoms with E-state index in [4.69, 9.17) is 10.4 Å². The Morgan fingerprint density at radius 3 is 2.47 bits per heavy atom. The first kappa shape index (κ1) is 17.9. The molecule has 0 saturated heterocycles. The van der Waals surface area contributed by atoms with Gasteiger partial charge in [0.05, 0.1) is 11.8 Å². The first-order valence-corrected chi connectivity index (χ1v) is 7.88. The molecule has 0 aromatic rings. The molecule has 1 atom stereocenters. The maximum Gasteiger partial charge on any atom is 0.321 e. The Labute approximate surface area is 114 Å². The quantitative estimate of drug-likeness (QED) is 0.669. The molecule has 6 nitrogen and oxygen atoms in total. The van der Waals surface area contributed by atoms with Crippen molar-refractivity contribution < 1.29 is 18.3 Å². The smallest absolute Gasteiger partial charge is 0.321 e. The van der Waals surface area contributed by atoms with E-state index in [2.05, 4.69) is 4.72 Å². The van der Waals surface area contributed by atoms with Crippen LogP contribution in [0.4, 0.5) is 0 Å². The number of hydrogen-bond acceptors (Lipinski definition) is 4. The number of aliphatic carboxylic acids is 1. The van der Waals surface area contributed by atoms with Gasteiger partial charge in [-0.3, -0.25) is 4.79 Å². The molecule has 0 rings (SSSR count). The summed E-state index contributed by atoms with van der Waals surface area (Å²) in [6.45, 7) is 5.23. The first-order valence-electron chi connectivity index (χ1n) is 6.23. The second-order valence-electron chi connectivity index (χ2n) is 5.41. The van der Waals surface area contributed by atoms with E-state index in [9.17, 15) is 13.2 Å². The van der Waals surface area contributed by atoms with Crippen molar-refractivity contribution in [3.05, 3.63) is 0 Å². The highest BCUT2D eigenvalue weighted by molar-refractivity contribution is 7.89. The first-order chi connectivity index (χ1) is 8.63. The van der Waals surface area contributed by atoms with E-state index in [1.54, 1.807) is 13.8 Å². The van der Waals surface area contributed by atoms with Crippen LogP contribution in [-0.4, -0.2) is 31.3 Å². The molecular weight excluding hydrogens is 268 g/mol. The lowest BCUT2D eigenvalue weighted by Gasteiger charge is -2.22. The highest BCUT2D eigenvalue weighted by Crippen LogP contribution is 2.21. The van der Waals surface area contributed by atoms with Crippen molar-refractivity contribution in [1.29, 1.82) is 5.26 Å². The van der Waals surface area contributed by atoms with Gasteiger partial charge in [-0.2, -0.15) is 5.26 Å². The van der Waals surface area contributed by atoms with Crippen molar-refractivity contribution in [2.24, 2.45) is 5.41 Å². The van der Waals surface area contributed by atoms with Gasteiger partial charge in [-0.25, -0.2) is 13.1 Å². The summed E-state index contributed by atoms with van der Waals surface area (Å²) in [4.78, 5) is 11.0. The lowest BCUT2D eigenvalue weighted by atomic mass is 9.93. The average molecular weight is 290 g/mol. The molecule has 0 aromatic heterocycles. The van der Waals surface area contributed by atoms with Gasteiger partial charge in [0, 0.05) is 6.42 Å². The van der Waals surface area contributed by atoms with E-state index in [0.29, 0.717) is 6.42 Å². The second kappa shape index (κ2) is 7.46. The number of nitrogens with zero attached hydrogens (tertiary/aromatic N) is 1. The molecule has 0 bridgehead atoms. The molecule has 7 heteroatoms. The summed E-state index contributed by atoms with van der Waals surface area (Å²) in [6, 6.07) is 0.838. The van der Waals surface area contributed by atoms with E-state index >= 15 is 0 Å². The number of rotatable bonds is 9. The highest BCUT2D eigenvalue weighted by atomic mass is 32.2. The molecule has 0 radical (unpaired) electrons. The van der Waals surface area contributed by atoms with Gasteiger partial charge in [-0.05, 0) is 11.8 Å². The van der Waals surface area contributed by atoms with Crippen molar-refractivity contribution in [3.63, 3.8) is 0 Å². The molecular formula is C12H22N2O4S. The second-order valence-corrected chi connectivity index (χ2v) is 7.16. The van der Waals surface area contributed by atoms with Crippen LogP contribution in [0.25, 0.3) is 0 Å². The normalized spacial score (nSPS) is 13.8. The minimum Gasteiger partial charge on any atom is -0.480 e. The topological polar surface area (TPSA) is 107 Å². The van der Waals surface area contributed by atoms with Gasteiger partial charge in [0.2, 0.25) is 10.0 Å². The van der Waals surface area contributed by atoms with Crippen molar-refractivity contribution in [3.8, 4) is 6.07 Å². The molecule has 0 unspecified atom stereocenters. The van der Waals surface area contributed by atoms with Gasteiger partial charge in [0.25, 0.3) is 0 Å². The number of hydrogen-bond donors (Lipinski definition) is 2. The molecule has 0 aliphatic rings. The Hall–Kier alpha value is -1.13. The summed E-state index contributed by atoms with van der Waals surface area (Å²) in [5.41, 5.74) is -0.700. The molecule has 0 heterocycles. The summed E-state index contributed by atoms with van der Waals surface area (Å²) in [6.07, 6.45) is 1.80. The molecule has 2 N–H and O–H groups in total. The molecule has 0 fully saturated rings. The predicted octanol–water partition coefficient (Wildman–Crippen LogP) is 1.49. The Morgan fingerprint density at radius 2 is 2.05 bits per heavy atom. The van der Waals surface area contributed by atoms with Crippen molar-refractivity contribution in [1.82, 2.24) is 4.72 Å². The number of unbranched alkanes of at least 4 members (excludes halogenated alkanes) is 1. The van der Waals surface area contributed by atoms with Crippen LogP contribution in [0.1, 0.15) is 46.5 Å². The third-order valence-corrected chi connectivity index (χ3v) is 4.41. The van der Waals surface area contributed by atoms with Crippen LogP contribution in [0.5, 0.6) is 0 Å². The summed E-state index contributed by atoms with van der Waals surface area (Å²) in [7, 11) is -3.72. The summed E-state index contributed by atoms with van der Waals surface area (Å²) in [5.74, 6) is -1.43. The van der Waals surface area contributed by atoms with Gasteiger partial charge in [-0.15, -0.1) is 0 Å². The Balaban J connectivity index is 4.73. The number of carboxylic acid groups (broad SMARTS) is 1. The average Bonchev–Trinajstić information content (AvgIpc) is 2.21. The minimum atomic E-state index is -3.72. The van der Waals surface area contributed by atoms with Crippen LogP contribution >= 0.6 is 0 Å². The molecule has 0 spiro atoms. The van der Waals surface area contributed by atoms with Crippen LogP contribution in [0.15, 0.2) is 0 Å². The van der Waals surface area contributed by atoms with Crippen molar-refractivity contribution in [2.75, 3.05) is 5.75 Å². The largest absolute Gasteiger partial charge is 0.480 e. The fourth-order valence-electron chi connectivity index (χ4n) is 1.68. The van der Waals surface area contributed by atoms with Crippen molar-refractivity contribution >= 4 is 16.0 Å². The number of sulfonamides is 1. The number of nitriles is 1. The zero-order valence-corrected chi connectivity index (χ0v) is 12.5. The Kier molecular flexibility index (Phi) is 7.01. The fourth-order valence-corrected chi connectivity index (χ4v) is 3.55. The minimum absolute atomic E-state index is 0.0978. The summed E-state index contributed by atoms with van der Waals surface area (Å²) in [5, 5.41) is 17.6. The molecule has 0 amide bonds. The van der Waals surface area contributed by atoms with E-state index in [1.165, 1.54) is 0 Å². The van der Waals surface area contributed by atoms with Crippen LogP contribution in [0.3, 0.4) is 0 Å². The Morgan fingerprint density at radius 1 is 1.47 bits per heavy atom. The molecule has 0 aliphatic heterocycles. The van der Waals surface area contributed by atoms with E-state index in [-0.39, 0.29) is 18.6 Å². The fraction of sp³-hybridized carbons (Fsp3) is 0.833. The third-order valence-electron chi connectivity index (χ3n) is 2.60. The molecule has 0 aliphatic carbocycles. The highest BCUT2D eigenvalue weighted by Gasteiger charge is 2.30. The molecule has 0 aromatic carbocycles. The maximum atomic E-state index is 11.9. The van der Waals surface area contributed by atoms with E-state index < -0.39 is 27.4 Å². The van der Waals surface area contributed by atoms with Gasteiger partial charge >= 0.3 is 5.97 Å².